The van der Waals surface area contributed by atoms with Gasteiger partial charge in [0.25, 0.3) is 11.8 Å². The van der Waals surface area contributed by atoms with Crippen LogP contribution in [-0.4, -0.2) is 68.3 Å². The first-order valence-corrected chi connectivity index (χ1v) is 12.0. The van der Waals surface area contributed by atoms with Crippen LogP contribution in [0.4, 0.5) is 18.9 Å². The molecule has 38 heavy (non-hydrogen) atoms. The quantitative estimate of drug-likeness (QED) is 0.461. The molecule has 1 fully saturated rings. The van der Waals surface area contributed by atoms with Gasteiger partial charge < -0.3 is 29.2 Å². The van der Waals surface area contributed by atoms with E-state index in [-0.39, 0.29) is 46.9 Å². The molecule has 1 atom stereocenters. The van der Waals surface area contributed by atoms with Gasteiger partial charge in [0.15, 0.2) is 24.2 Å². The summed E-state index contributed by atoms with van der Waals surface area (Å²) in [4.78, 5) is 39.1. The summed E-state index contributed by atoms with van der Waals surface area (Å²) >= 11 is 5.90. The van der Waals surface area contributed by atoms with Crippen molar-refractivity contribution in [2.45, 2.75) is 26.1 Å². The molecule has 1 N–H and O–H groups in total. The summed E-state index contributed by atoms with van der Waals surface area (Å²) in [6.07, 6.45) is -6.00. The minimum Gasteiger partial charge on any atom is -0.490 e. The van der Waals surface area contributed by atoms with Crippen LogP contribution in [0.15, 0.2) is 36.4 Å². The van der Waals surface area contributed by atoms with Crippen molar-refractivity contribution in [2.24, 2.45) is 0 Å². The Morgan fingerprint density at radius 1 is 1.08 bits per heavy atom. The second kappa shape index (κ2) is 12.8. The van der Waals surface area contributed by atoms with Crippen LogP contribution in [0.25, 0.3) is 0 Å². The highest BCUT2D eigenvalue weighted by atomic mass is 35.5. The molecule has 0 unspecified atom stereocenters. The zero-order valence-corrected chi connectivity index (χ0v) is 21.4. The van der Waals surface area contributed by atoms with Crippen LogP contribution in [0.1, 0.15) is 29.8 Å². The number of hydrogen-bond donors (Lipinski definition) is 1. The molecule has 2 amide bonds. The van der Waals surface area contributed by atoms with Gasteiger partial charge in [-0.05, 0) is 50.2 Å². The van der Waals surface area contributed by atoms with E-state index in [4.69, 9.17) is 30.5 Å². The summed E-state index contributed by atoms with van der Waals surface area (Å²) in [5.74, 6) is -1.58. The third-order valence-electron chi connectivity index (χ3n) is 5.40. The van der Waals surface area contributed by atoms with Crippen molar-refractivity contribution in [3.63, 3.8) is 0 Å². The van der Waals surface area contributed by atoms with E-state index in [0.717, 1.165) is 12.1 Å². The summed E-state index contributed by atoms with van der Waals surface area (Å²) in [5.41, 5.74) is -1.25. The Morgan fingerprint density at radius 3 is 2.45 bits per heavy atom. The molecular weight excluding hydrogens is 533 g/mol. The number of nitrogens with one attached hydrogen (secondary N) is 1. The third kappa shape index (κ3) is 7.75. The minimum atomic E-state index is -4.63. The minimum absolute atomic E-state index is 0.0251. The van der Waals surface area contributed by atoms with Crippen molar-refractivity contribution in [2.75, 3.05) is 44.8 Å². The number of benzene rings is 2. The number of anilines is 1. The first kappa shape index (κ1) is 29.1. The van der Waals surface area contributed by atoms with Crippen LogP contribution in [0.2, 0.25) is 5.02 Å². The molecule has 0 saturated carbocycles. The van der Waals surface area contributed by atoms with Crippen molar-refractivity contribution in [1.29, 1.82) is 0 Å². The maximum Gasteiger partial charge on any atom is 0.416 e. The molecule has 0 aliphatic carbocycles. The fraction of sp³-hybridized carbons (Fsp3) is 0.400. The van der Waals surface area contributed by atoms with Gasteiger partial charge in [0, 0.05) is 13.1 Å². The van der Waals surface area contributed by atoms with Gasteiger partial charge in [-0.1, -0.05) is 11.6 Å². The van der Waals surface area contributed by atoms with Gasteiger partial charge in [0.1, 0.15) is 0 Å². The predicted molar refractivity (Wildman–Crippen MR) is 130 cm³/mol. The number of hydrogen-bond acceptors (Lipinski definition) is 7. The SMILES string of the molecule is CCOc1cc(C(=O)O[C@H](C)C(=O)Nc2cc(C(F)(F)F)ccc2Cl)ccc1OCC(=O)N1CCOCC1. The molecule has 1 saturated heterocycles. The topological polar surface area (TPSA) is 103 Å². The van der Waals surface area contributed by atoms with Crippen LogP contribution in [0.3, 0.4) is 0 Å². The normalized spacial score (nSPS) is 14.4. The van der Waals surface area contributed by atoms with Gasteiger partial charge in [-0.2, -0.15) is 13.2 Å². The number of rotatable bonds is 9. The number of nitrogens with zero attached hydrogens (tertiary/aromatic N) is 1. The number of morpholine rings is 1. The summed E-state index contributed by atoms with van der Waals surface area (Å²) in [5, 5.41) is 2.12. The number of halogens is 4. The Kier molecular flexibility index (Phi) is 9.81. The molecule has 0 spiro atoms. The van der Waals surface area contributed by atoms with Crippen LogP contribution in [0.5, 0.6) is 11.5 Å². The molecule has 1 heterocycles. The summed E-state index contributed by atoms with van der Waals surface area (Å²) < 4.78 is 60.5. The monoisotopic (exact) mass is 558 g/mol. The highest BCUT2D eigenvalue weighted by Crippen LogP contribution is 2.34. The van der Waals surface area contributed by atoms with Crippen LogP contribution in [0, 0.1) is 0 Å². The lowest BCUT2D eigenvalue weighted by molar-refractivity contribution is -0.138. The van der Waals surface area contributed by atoms with E-state index < -0.39 is 29.7 Å². The maximum absolute atomic E-state index is 13.0. The van der Waals surface area contributed by atoms with Gasteiger partial charge in [-0.15, -0.1) is 0 Å². The van der Waals surface area contributed by atoms with Crippen LogP contribution < -0.4 is 14.8 Å². The van der Waals surface area contributed by atoms with Gasteiger partial charge in [0.2, 0.25) is 0 Å². The Labute approximate surface area is 221 Å². The van der Waals surface area contributed by atoms with Crippen molar-refractivity contribution in [1.82, 2.24) is 4.90 Å². The second-order valence-corrected chi connectivity index (χ2v) is 8.51. The zero-order valence-electron chi connectivity index (χ0n) is 20.6. The van der Waals surface area contributed by atoms with E-state index in [1.165, 1.54) is 25.1 Å². The van der Waals surface area contributed by atoms with Gasteiger partial charge in [-0.25, -0.2) is 4.79 Å². The first-order valence-electron chi connectivity index (χ1n) is 11.6. The van der Waals surface area contributed by atoms with Gasteiger partial charge in [-0.3, -0.25) is 9.59 Å². The second-order valence-electron chi connectivity index (χ2n) is 8.11. The van der Waals surface area contributed by atoms with E-state index in [2.05, 4.69) is 5.32 Å². The standard InChI is InChI=1S/C25H26ClF3N2O7/c1-3-36-21-12-16(4-7-20(21)37-14-22(32)31-8-10-35-11-9-31)24(34)38-15(2)23(33)30-19-13-17(25(27,28)29)5-6-18(19)26/h4-7,12-13,15H,3,8-11,14H2,1-2H3,(H,30,33)/t15-/m1/s1. The Balaban J connectivity index is 1.63. The molecule has 0 bridgehead atoms. The summed E-state index contributed by atoms with van der Waals surface area (Å²) in [6, 6.07) is 6.61. The van der Waals surface area contributed by atoms with Crippen molar-refractivity contribution in [3.05, 3.63) is 52.5 Å². The molecule has 2 aromatic carbocycles. The number of amides is 2. The van der Waals surface area contributed by atoms with E-state index in [1.807, 2.05) is 0 Å². The van der Waals surface area contributed by atoms with Crippen LogP contribution in [-0.2, 0) is 25.2 Å². The Morgan fingerprint density at radius 2 is 1.79 bits per heavy atom. The van der Waals surface area contributed by atoms with Gasteiger partial charge in [0.05, 0.1) is 41.7 Å². The molecule has 13 heteroatoms. The van der Waals surface area contributed by atoms with Crippen molar-refractivity contribution < 1.29 is 46.5 Å². The average Bonchev–Trinajstić information content (AvgIpc) is 2.88. The number of alkyl halides is 3. The van der Waals surface area contributed by atoms with Crippen LogP contribution >= 0.6 is 11.6 Å². The van der Waals surface area contributed by atoms with Gasteiger partial charge >= 0.3 is 12.1 Å². The number of carbonyl (C=O) groups excluding carboxylic acids is 3. The molecule has 1 aliphatic heterocycles. The average molecular weight is 559 g/mol. The Bertz CT molecular complexity index is 1170. The first-order chi connectivity index (χ1) is 18.0. The van der Waals surface area contributed by atoms with E-state index in [1.54, 1.807) is 11.8 Å². The maximum atomic E-state index is 13.0. The number of ether oxygens (including phenoxy) is 4. The van der Waals surface area contributed by atoms with E-state index in [0.29, 0.717) is 32.4 Å². The molecule has 206 valence electrons. The molecule has 9 nitrogen and oxygen atoms in total. The zero-order chi connectivity index (χ0) is 27.9. The Hall–Kier alpha value is -3.51. The highest BCUT2D eigenvalue weighted by Gasteiger charge is 2.31. The number of carbonyl (C=O) groups is 3. The fourth-order valence-electron chi connectivity index (χ4n) is 3.38. The highest BCUT2D eigenvalue weighted by molar-refractivity contribution is 6.33. The third-order valence-corrected chi connectivity index (χ3v) is 5.73. The largest absolute Gasteiger partial charge is 0.490 e. The molecular formula is C25H26ClF3N2O7. The molecule has 2 aromatic rings. The number of esters is 1. The predicted octanol–water partition coefficient (Wildman–Crippen LogP) is 4.18. The lowest BCUT2D eigenvalue weighted by Gasteiger charge is -2.26. The molecule has 0 aromatic heterocycles. The van der Waals surface area contributed by atoms with Crippen molar-refractivity contribution >= 4 is 35.1 Å². The molecule has 0 radical (unpaired) electrons. The lowest BCUT2D eigenvalue weighted by Crippen LogP contribution is -2.43. The fourth-order valence-corrected chi connectivity index (χ4v) is 3.54. The lowest BCUT2D eigenvalue weighted by atomic mass is 10.2. The molecule has 3 rings (SSSR count). The molecule has 1 aliphatic rings. The summed E-state index contributed by atoms with van der Waals surface area (Å²) in [7, 11) is 0. The summed E-state index contributed by atoms with van der Waals surface area (Å²) in [6.45, 7) is 4.83. The van der Waals surface area contributed by atoms with E-state index in [9.17, 15) is 27.6 Å². The smallest absolute Gasteiger partial charge is 0.416 e. The van der Waals surface area contributed by atoms with Crippen molar-refractivity contribution in [3.8, 4) is 11.5 Å². The van der Waals surface area contributed by atoms with E-state index >= 15 is 0 Å².